The molecular weight excluding hydrogens is 1070 g/mol. The maximum absolute atomic E-state index is 12.8. The summed E-state index contributed by atoms with van der Waals surface area (Å²) < 4.78 is 33.2. The van der Waals surface area contributed by atoms with Crippen molar-refractivity contribution >= 4 is 19.8 Å². The topological polar surface area (TPSA) is 134 Å². The second-order valence-electron chi connectivity index (χ2n) is 24.8. The number of ether oxygens (including phenoxy) is 2. The summed E-state index contributed by atoms with van der Waals surface area (Å²) in [6.07, 6.45) is 91.9. The summed E-state index contributed by atoms with van der Waals surface area (Å²) in [5, 5.41) is 0. The first-order valence-corrected chi connectivity index (χ1v) is 38.3. The summed E-state index contributed by atoms with van der Waals surface area (Å²) in [4.78, 5) is 35.4. The van der Waals surface area contributed by atoms with E-state index in [1.165, 1.54) is 283 Å². The summed E-state index contributed by atoms with van der Waals surface area (Å²) in [6, 6.07) is 0. The largest absolute Gasteiger partial charge is 0.472 e. The molecule has 0 amide bonds. The van der Waals surface area contributed by atoms with Crippen LogP contribution < -0.4 is 5.73 Å². The lowest BCUT2D eigenvalue weighted by Gasteiger charge is -2.19. The standard InChI is InChI=1S/C75H140NO8P/c1-3-5-7-9-11-13-15-17-19-21-23-25-27-29-31-32-33-34-35-36-37-38-39-40-42-43-45-47-49-51-53-55-57-59-61-63-65-67-74(77)81-71-73(72-83-85(79,80)82-70-69-76)84-75(78)68-66-64-62-60-58-56-54-52-50-48-46-44-41-30-28-26-24-22-20-18-16-14-12-10-8-6-4-2/h15-18,21-24,28,30,73H,3-14,19-20,25-27,29,31-72,76H2,1-2H3,(H,79,80)/b17-15-,18-16-,23-21-,24-22-,30-28-. The second kappa shape index (κ2) is 70.8. The third-order valence-corrected chi connectivity index (χ3v) is 17.4. The highest BCUT2D eigenvalue weighted by molar-refractivity contribution is 7.47. The van der Waals surface area contributed by atoms with E-state index in [9.17, 15) is 19.0 Å². The fraction of sp³-hybridized carbons (Fsp3) is 0.840. The molecule has 0 spiro atoms. The van der Waals surface area contributed by atoms with Crippen molar-refractivity contribution in [3.05, 3.63) is 60.8 Å². The van der Waals surface area contributed by atoms with Gasteiger partial charge in [-0.1, -0.05) is 338 Å². The zero-order chi connectivity index (χ0) is 61.6. The molecule has 0 aliphatic rings. The molecule has 0 bridgehead atoms. The zero-order valence-electron chi connectivity index (χ0n) is 56.1. The average Bonchev–Trinajstić information content (AvgIpc) is 3.53. The Bertz CT molecular complexity index is 1580. The van der Waals surface area contributed by atoms with Gasteiger partial charge >= 0.3 is 19.8 Å². The fourth-order valence-corrected chi connectivity index (χ4v) is 11.7. The van der Waals surface area contributed by atoms with Crippen LogP contribution >= 0.6 is 7.82 Å². The minimum atomic E-state index is -4.39. The Kier molecular flexibility index (Phi) is 68.9. The number of allylic oxidation sites excluding steroid dienone is 10. The van der Waals surface area contributed by atoms with Gasteiger partial charge in [-0.05, 0) is 83.5 Å². The monoisotopic (exact) mass is 1210 g/mol. The fourth-order valence-electron chi connectivity index (χ4n) is 10.9. The molecule has 0 radical (unpaired) electrons. The van der Waals surface area contributed by atoms with Crippen LogP contribution in [0.5, 0.6) is 0 Å². The van der Waals surface area contributed by atoms with Gasteiger partial charge in [0, 0.05) is 19.4 Å². The Labute approximate surface area is 527 Å². The maximum atomic E-state index is 12.8. The molecule has 0 aliphatic carbocycles. The molecule has 9 nitrogen and oxygen atoms in total. The van der Waals surface area contributed by atoms with E-state index >= 15 is 0 Å². The van der Waals surface area contributed by atoms with Crippen LogP contribution in [-0.4, -0.2) is 49.3 Å². The van der Waals surface area contributed by atoms with Crippen molar-refractivity contribution in [1.29, 1.82) is 0 Å². The lowest BCUT2D eigenvalue weighted by atomic mass is 10.0. The van der Waals surface area contributed by atoms with E-state index in [1.807, 2.05) is 0 Å². The Morgan fingerprint density at radius 3 is 0.906 bits per heavy atom. The van der Waals surface area contributed by atoms with Crippen LogP contribution in [0.1, 0.15) is 373 Å². The van der Waals surface area contributed by atoms with E-state index in [2.05, 4.69) is 74.6 Å². The smallest absolute Gasteiger partial charge is 0.462 e. The van der Waals surface area contributed by atoms with E-state index in [-0.39, 0.29) is 38.6 Å². The highest BCUT2D eigenvalue weighted by Crippen LogP contribution is 2.43. The van der Waals surface area contributed by atoms with Gasteiger partial charge in [0.2, 0.25) is 0 Å². The molecule has 0 saturated carbocycles. The second-order valence-corrected chi connectivity index (χ2v) is 26.3. The number of hydrogen-bond donors (Lipinski definition) is 2. The quantitative estimate of drug-likeness (QED) is 0.0264. The van der Waals surface area contributed by atoms with Crippen molar-refractivity contribution in [1.82, 2.24) is 0 Å². The number of phosphoric acid groups is 1. The SMILES string of the molecule is CCCCCCC/C=C\C/C=C\C/C=C\CCCCCCCCCCCCCCC(=O)OC(COC(=O)CCCCCCCCCCCCCCCCCCCCCCCCCCC/C=C\C/C=C\CCCCCCC)COP(=O)(O)OCCN. The Morgan fingerprint density at radius 1 is 0.353 bits per heavy atom. The van der Waals surface area contributed by atoms with Crippen molar-refractivity contribution in [2.75, 3.05) is 26.4 Å². The predicted octanol–water partition coefficient (Wildman–Crippen LogP) is 24.2. The van der Waals surface area contributed by atoms with Crippen molar-refractivity contribution in [3.8, 4) is 0 Å². The van der Waals surface area contributed by atoms with E-state index < -0.39 is 26.5 Å². The Balaban J connectivity index is 3.80. The number of carbonyl (C=O) groups excluding carboxylic acids is 2. The van der Waals surface area contributed by atoms with Gasteiger partial charge in [0.1, 0.15) is 6.61 Å². The number of carbonyl (C=O) groups is 2. The van der Waals surface area contributed by atoms with Crippen molar-refractivity contribution in [2.24, 2.45) is 5.73 Å². The first-order valence-electron chi connectivity index (χ1n) is 36.8. The molecule has 0 aromatic rings. The molecule has 10 heteroatoms. The van der Waals surface area contributed by atoms with E-state index in [0.717, 1.165) is 57.8 Å². The van der Waals surface area contributed by atoms with Gasteiger partial charge < -0.3 is 20.1 Å². The number of esters is 2. The van der Waals surface area contributed by atoms with Crippen molar-refractivity contribution < 1.29 is 37.6 Å². The van der Waals surface area contributed by atoms with Crippen molar-refractivity contribution in [2.45, 2.75) is 380 Å². The molecule has 0 rings (SSSR count). The van der Waals surface area contributed by atoms with Gasteiger partial charge in [0.05, 0.1) is 13.2 Å². The third-order valence-electron chi connectivity index (χ3n) is 16.4. The van der Waals surface area contributed by atoms with Crippen LogP contribution in [0.2, 0.25) is 0 Å². The summed E-state index contributed by atoms with van der Waals surface area (Å²) in [6.45, 7) is 3.78. The molecule has 0 saturated heterocycles. The van der Waals surface area contributed by atoms with Crippen LogP contribution in [0.15, 0.2) is 60.8 Å². The van der Waals surface area contributed by atoms with Crippen LogP contribution in [0, 0.1) is 0 Å². The third kappa shape index (κ3) is 70.7. The molecule has 498 valence electrons. The van der Waals surface area contributed by atoms with E-state index in [0.29, 0.717) is 6.42 Å². The maximum Gasteiger partial charge on any atom is 0.472 e. The number of phosphoric ester groups is 1. The molecule has 2 unspecified atom stereocenters. The van der Waals surface area contributed by atoms with E-state index in [1.54, 1.807) is 0 Å². The first-order chi connectivity index (χ1) is 41.8. The van der Waals surface area contributed by atoms with Crippen LogP contribution in [-0.2, 0) is 32.7 Å². The van der Waals surface area contributed by atoms with Crippen LogP contribution in [0.4, 0.5) is 0 Å². The summed E-state index contributed by atoms with van der Waals surface area (Å²) in [7, 11) is -4.39. The highest BCUT2D eigenvalue weighted by atomic mass is 31.2. The highest BCUT2D eigenvalue weighted by Gasteiger charge is 2.26. The predicted molar refractivity (Wildman–Crippen MR) is 367 cm³/mol. The van der Waals surface area contributed by atoms with Crippen LogP contribution in [0.3, 0.4) is 0 Å². The minimum absolute atomic E-state index is 0.0536. The van der Waals surface area contributed by atoms with Gasteiger partial charge in [-0.25, -0.2) is 4.57 Å². The molecule has 3 N–H and O–H groups in total. The number of unbranched alkanes of at least 4 members (excludes halogenated alkanes) is 47. The lowest BCUT2D eigenvalue weighted by molar-refractivity contribution is -0.161. The Morgan fingerprint density at radius 2 is 0.612 bits per heavy atom. The van der Waals surface area contributed by atoms with Crippen LogP contribution in [0.25, 0.3) is 0 Å². The normalized spacial score (nSPS) is 13.2. The van der Waals surface area contributed by atoms with Gasteiger partial charge in [-0.15, -0.1) is 0 Å². The van der Waals surface area contributed by atoms with Crippen molar-refractivity contribution in [3.63, 3.8) is 0 Å². The van der Waals surface area contributed by atoms with Gasteiger partial charge in [-0.2, -0.15) is 0 Å². The number of nitrogens with two attached hydrogens (primary N) is 1. The van der Waals surface area contributed by atoms with Gasteiger partial charge in [0.15, 0.2) is 6.10 Å². The molecule has 0 fully saturated rings. The minimum Gasteiger partial charge on any atom is -0.462 e. The Hall–Kier alpha value is -2.29. The molecule has 0 heterocycles. The van der Waals surface area contributed by atoms with Gasteiger partial charge in [-0.3, -0.25) is 18.6 Å². The molecule has 0 aromatic heterocycles. The number of rotatable bonds is 70. The van der Waals surface area contributed by atoms with Gasteiger partial charge in [0.25, 0.3) is 0 Å². The molecule has 0 aromatic carbocycles. The summed E-state index contributed by atoms with van der Waals surface area (Å²) in [5.41, 5.74) is 5.41. The van der Waals surface area contributed by atoms with E-state index in [4.69, 9.17) is 24.3 Å². The lowest BCUT2D eigenvalue weighted by Crippen LogP contribution is -2.29. The number of hydrogen-bond acceptors (Lipinski definition) is 8. The molecular formula is C75H140NO8P. The molecule has 2 atom stereocenters. The summed E-state index contributed by atoms with van der Waals surface area (Å²) >= 11 is 0. The molecule has 0 aliphatic heterocycles. The molecule has 85 heavy (non-hydrogen) atoms. The first kappa shape index (κ1) is 82.7. The summed E-state index contributed by atoms with van der Waals surface area (Å²) in [5.74, 6) is -0.812. The zero-order valence-corrected chi connectivity index (χ0v) is 57.0. The average molecular weight is 1210 g/mol.